The number of methoxy groups -OCH3 is 1. The van der Waals surface area contributed by atoms with Gasteiger partial charge in [-0.1, -0.05) is 12.8 Å². The maximum Gasteiger partial charge on any atom is 0.333 e. The highest BCUT2D eigenvalue weighted by Gasteiger charge is 2.20. The van der Waals surface area contributed by atoms with Gasteiger partial charge in [0.05, 0.1) is 13.7 Å². The summed E-state index contributed by atoms with van der Waals surface area (Å²) >= 11 is 0. The fourth-order valence-corrected chi connectivity index (χ4v) is 1.17. The second-order valence-electron chi connectivity index (χ2n) is 3.69. The van der Waals surface area contributed by atoms with Crippen molar-refractivity contribution in [2.75, 3.05) is 20.3 Å². The van der Waals surface area contributed by atoms with Crippen LogP contribution in [0.15, 0.2) is 11.6 Å². The highest BCUT2D eigenvalue weighted by Crippen LogP contribution is 2.31. The first-order valence-electron chi connectivity index (χ1n) is 5.07. The quantitative estimate of drug-likeness (QED) is 0.371. The molecule has 0 unspecified atom stereocenters. The van der Waals surface area contributed by atoms with Crippen molar-refractivity contribution in [3.8, 4) is 0 Å². The van der Waals surface area contributed by atoms with Crippen molar-refractivity contribution in [1.29, 1.82) is 0 Å². The molecule has 1 aliphatic carbocycles. The number of rotatable bonds is 6. The number of carbonyl (C=O) groups is 1. The lowest BCUT2D eigenvalue weighted by Crippen LogP contribution is -2.03. The zero-order valence-corrected chi connectivity index (χ0v) is 8.91. The van der Waals surface area contributed by atoms with Crippen LogP contribution in [0.5, 0.6) is 0 Å². The van der Waals surface area contributed by atoms with Gasteiger partial charge in [-0.3, -0.25) is 0 Å². The summed E-state index contributed by atoms with van der Waals surface area (Å²) in [6.45, 7) is 3.04. The normalized spacial score (nSPS) is 16.9. The average molecular weight is 198 g/mol. The molecule has 1 fully saturated rings. The van der Waals surface area contributed by atoms with Gasteiger partial charge in [0.2, 0.25) is 0 Å². The summed E-state index contributed by atoms with van der Waals surface area (Å²) in [4.78, 5) is 10.9. The lowest BCUT2D eigenvalue weighted by molar-refractivity contribution is -0.136. The number of carbonyl (C=O) groups excluding carboxylic acids is 1. The molecule has 1 aliphatic rings. The zero-order valence-electron chi connectivity index (χ0n) is 8.91. The first-order valence-corrected chi connectivity index (χ1v) is 5.07. The van der Waals surface area contributed by atoms with E-state index < -0.39 is 0 Å². The van der Waals surface area contributed by atoms with Crippen LogP contribution in [-0.4, -0.2) is 26.3 Å². The van der Waals surface area contributed by atoms with Crippen molar-refractivity contribution in [3.63, 3.8) is 0 Å². The Balaban J connectivity index is 2.02. The molecule has 1 saturated carbocycles. The van der Waals surface area contributed by atoms with E-state index >= 15 is 0 Å². The van der Waals surface area contributed by atoms with Gasteiger partial charge in [-0.2, -0.15) is 0 Å². The van der Waals surface area contributed by atoms with E-state index in [-0.39, 0.29) is 5.97 Å². The first-order chi connectivity index (χ1) is 6.74. The number of hydrogen-bond donors (Lipinski definition) is 0. The summed E-state index contributed by atoms with van der Waals surface area (Å²) in [5, 5.41) is 0. The largest absolute Gasteiger partial charge is 0.466 e. The van der Waals surface area contributed by atoms with Gasteiger partial charge in [0.1, 0.15) is 0 Å². The van der Waals surface area contributed by atoms with E-state index in [1.165, 1.54) is 20.0 Å². The molecule has 0 amide bonds. The van der Waals surface area contributed by atoms with Crippen LogP contribution in [0.3, 0.4) is 0 Å². The SMILES string of the molecule is COC(=O)C(C)=CCOCCC1CC1. The zero-order chi connectivity index (χ0) is 10.4. The Morgan fingerprint density at radius 2 is 2.21 bits per heavy atom. The Morgan fingerprint density at radius 3 is 2.79 bits per heavy atom. The van der Waals surface area contributed by atoms with Gasteiger partial charge in [0, 0.05) is 12.2 Å². The fraction of sp³-hybridized carbons (Fsp3) is 0.727. The first kappa shape index (κ1) is 11.2. The lowest BCUT2D eigenvalue weighted by Gasteiger charge is -2.01. The predicted octanol–water partition coefficient (Wildman–Crippen LogP) is 1.92. The van der Waals surface area contributed by atoms with E-state index in [0.717, 1.165) is 18.9 Å². The van der Waals surface area contributed by atoms with Gasteiger partial charge in [-0.05, 0) is 25.3 Å². The van der Waals surface area contributed by atoms with Crippen LogP contribution in [-0.2, 0) is 14.3 Å². The van der Waals surface area contributed by atoms with Gasteiger partial charge in [0.25, 0.3) is 0 Å². The molecule has 0 aliphatic heterocycles. The number of ether oxygens (including phenoxy) is 2. The van der Waals surface area contributed by atoms with Crippen molar-refractivity contribution in [2.45, 2.75) is 26.2 Å². The Morgan fingerprint density at radius 1 is 1.50 bits per heavy atom. The number of hydrogen-bond acceptors (Lipinski definition) is 3. The molecule has 0 N–H and O–H groups in total. The smallest absolute Gasteiger partial charge is 0.333 e. The third-order valence-electron chi connectivity index (χ3n) is 2.38. The predicted molar refractivity (Wildman–Crippen MR) is 53.9 cm³/mol. The Kier molecular flexibility index (Phi) is 4.66. The van der Waals surface area contributed by atoms with E-state index in [0.29, 0.717) is 12.2 Å². The minimum atomic E-state index is -0.282. The monoisotopic (exact) mass is 198 g/mol. The van der Waals surface area contributed by atoms with Gasteiger partial charge in [-0.15, -0.1) is 0 Å². The molecule has 1 rings (SSSR count). The molecular formula is C11H18O3. The summed E-state index contributed by atoms with van der Waals surface area (Å²) in [5.74, 6) is 0.622. The molecule has 0 bridgehead atoms. The molecule has 0 aromatic heterocycles. The third-order valence-corrected chi connectivity index (χ3v) is 2.38. The van der Waals surface area contributed by atoms with Gasteiger partial charge < -0.3 is 9.47 Å². The number of esters is 1. The van der Waals surface area contributed by atoms with Crippen LogP contribution in [0.2, 0.25) is 0 Å². The summed E-state index contributed by atoms with van der Waals surface area (Å²) in [6.07, 6.45) is 5.64. The van der Waals surface area contributed by atoms with Crippen LogP contribution in [0, 0.1) is 5.92 Å². The molecule has 0 atom stereocenters. The van der Waals surface area contributed by atoms with Gasteiger partial charge in [0.15, 0.2) is 0 Å². The van der Waals surface area contributed by atoms with Crippen LogP contribution < -0.4 is 0 Å². The molecule has 80 valence electrons. The molecule has 0 heterocycles. The maximum absolute atomic E-state index is 10.9. The van der Waals surface area contributed by atoms with E-state index in [1.54, 1.807) is 13.0 Å². The van der Waals surface area contributed by atoms with Crippen molar-refractivity contribution in [3.05, 3.63) is 11.6 Å². The molecule has 0 saturated heterocycles. The van der Waals surface area contributed by atoms with Crippen LogP contribution in [0.25, 0.3) is 0 Å². The maximum atomic E-state index is 10.9. The molecule has 0 radical (unpaired) electrons. The standard InChI is InChI=1S/C11H18O3/c1-9(11(12)13-2)5-7-14-8-6-10-3-4-10/h5,10H,3-4,6-8H2,1-2H3. The molecule has 3 heteroatoms. The average Bonchev–Trinajstić information content (AvgIpc) is 2.99. The van der Waals surface area contributed by atoms with Crippen molar-refractivity contribution < 1.29 is 14.3 Å². The molecular weight excluding hydrogens is 180 g/mol. The molecule has 0 aromatic carbocycles. The second-order valence-corrected chi connectivity index (χ2v) is 3.69. The minimum absolute atomic E-state index is 0.282. The molecule has 14 heavy (non-hydrogen) atoms. The van der Waals surface area contributed by atoms with Crippen molar-refractivity contribution in [1.82, 2.24) is 0 Å². The van der Waals surface area contributed by atoms with E-state index in [9.17, 15) is 4.79 Å². The van der Waals surface area contributed by atoms with Gasteiger partial charge in [-0.25, -0.2) is 4.79 Å². The summed E-state index contributed by atoms with van der Waals surface area (Å²) < 4.78 is 9.92. The molecule has 0 aromatic rings. The molecule has 0 spiro atoms. The topological polar surface area (TPSA) is 35.5 Å². The van der Waals surface area contributed by atoms with Crippen molar-refractivity contribution >= 4 is 5.97 Å². The minimum Gasteiger partial charge on any atom is -0.466 e. The summed E-state index contributed by atoms with van der Waals surface area (Å²) in [6, 6.07) is 0. The van der Waals surface area contributed by atoms with Crippen molar-refractivity contribution in [2.24, 2.45) is 5.92 Å². The lowest BCUT2D eigenvalue weighted by atomic mass is 10.3. The van der Waals surface area contributed by atoms with Gasteiger partial charge >= 0.3 is 5.97 Å². The highest BCUT2D eigenvalue weighted by atomic mass is 16.5. The van der Waals surface area contributed by atoms with E-state index in [2.05, 4.69) is 4.74 Å². The highest BCUT2D eigenvalue weighted by molar-refractivity contribution is 5.87. The van der Waals surface area contributed by atoms with Crippen LogP contribution >= 0.6 is 0 Å². The summed E-state index contributed by atoms with van der Waals surface area (Å²) in [7, 11) is 1.38. The molecule has 3 nitrogen and oxygen atoms in total. The Hall–Kier alpha value is -0.830. The second kappa shape index (κ2) is 5.81. The van der Waals surface area contributed by atoms with Crippen LogP contribution in [0.4, 0.5) is 0 Å². The van der Waals surface area contributed by atoms with E-state index in [4.69, 9.17) is 4.74 Å². The van der Waals surface area contributed by atoms with E-state index in [1.807, 2.05) is 0 Å². The van der Waals surface area contributed by atoms with Crippen LogP contribution in [0.1, 0.15) is 26.2 Å². The fourth-order valence-electron chi connectivity index (χ4n) is 1.17. The Bertz CT molecular complexity index is 217. The third kappa shape index (κ3) is 4.42. The Labute approximate surface area is 85.1 Å². The summed E-state index contributed by atoms with van der Waals surface area (Å²) in [5.41, 5.74) is 0.610.